The highest BCUT2D eigenvalue weighted by Gasteiger charge is 2.26. The second-order valence-electron chi connectivity index (χ2n) is 5.36. The lowest BCUT2D eigenvalue weighted by Gasteiger charge is -2.24. The first kappa shape index (κ1) is 12.9. The molecule has 20 heavy (non-hydrogen) atoms. The molecule has 0 fully saturated rings. The molecule has 1 aliphatic heterocycles. The van der Waals surface area contributed by atoms with Crippen LogP contribution in [0, 0.1) is 12.8 Å². The van der Waals surface area contributed by atoms with Gasteiger partial charge in [-0.25, -0.2) is 0 Å². The number of hydrogen-bond acceptors (Lipinski definition) is 3. The molecule has 1 aromatic heterocycles. The molecule has 0 saturated carbocycles. The number of aryl methyl sites for hydroxylation is 2. The van der Waals surface area contributed by atoms with Crippen LogP contribution >= 0.6 is 0 Å². The SMILES string of the molecule is Cc1cc(CC(=O)C2COc3ccccc3C2)n(C)n1. The van der Waals surface area contributed by atoms with Crippen LogP contribution in [-0.4, -0.2) is 22.2 Å². The van der Waals surface area contributed by atoms with Gasteiger partial charge >= 0.3 is 0 Å². The van der Waals surface area contributed by atoms with Gasteiger partial charge in [0.2, 0.25) is 0 Å². The largest absolute Gasteiger partial charge is 0.493 e. The Labute approximate surface area is 118 Å². The minimum absolute atomic E-state index is 0.0555. The molecule has 0 aliphatic carbocycles. The predicted octanol–water partition coefficient (Wildman–Crippen LogP) is 2.09. The predicted molar refractivity (Wildman–Crippen MR) is 75.8 cm³/mol. The van der Waals surface area contributed by atoms with Crippen LogP contribution in [0.5, 0.6) is 5.75 Å². The number of rotatable bonds is 3. The fourth-order valence-corrected chi connectivity index (χ4v) is 2.69. The van der Waals surface area contributed by atoms with E-state index in [2.05, 4.69) is 5.10 Å². The Bertz CT molecular complexity index is 646. The first-order valence-electron chi connectivity index (χ1n) is 6.86. The summed E-state index contributed by atoms with van der Waals surface area (Å²) in [4.78, 5) is 12.4. The standard InChI is InChI=1S/C16H18N2O2/c1-11-7-14(18(2)17-11)9-15(19)13-8-12-5-3-4-6-16(12)20-10-13/h3-7,13H,8-10H2,1-2H3. The van der Waals surface area contributed by atoms with E-state index < -0.39 is 0 Å². The molecule has 0 saturated heterocycles. The number of ether oxygens (including phenoxy) is 1. The van der Waals surface area contributed by atoms with Crippen molar-refractivity contribution in [1.29, 1.82) is 0 Å². The monoisotopic (exact) mass is 270 g/mol. The summed E-state index contributed by atoms with van der Waals surface area (Å²) in [5.74, 6) is 1.08. The van der Waals surface area contributed by atoms with Gasteiger partial charge in [-0.05, 0) is 31.0 Å². The van der Waals surface area contributed by atoms with Crippen molar-refractivity contribution >= 4 is 5.78 Å². The third-order valence-corrected chi connectivity index (χ3v) is 3.79. The van der Waals surface area contributed by atoms with Crippen molar-refractivity contribution in [1.82, 2.24) is 9.78 Å². The number of para-hydroxylation sites is 1. The minimum Gasteiger partial charge on any atom is -0.493 e. The average molecular weight is 270 g/mol. The molecule has 4 nitrogen and oxygen atoms in total. The lowest BCUT2D eigenvalue weighted by atomic mass is 9.91. The number of Topliss-reactive ketones (excluding diaryl/α,β-unsaturated/α-hetero) is 1. The molecule has 2 heterocycles. The zero-order valence-corrected chi connectivity index (χ0v) is 11.8. The van der Waals surface area contributed by atoms with E-state index in [9.17, 15) is 4.79 Å². The third kappa shape index (κ3) is 2.46. The lowest BCUT2D eigenvalue weighted by Crippen LogP contribution is -2.29. The van der Waals surface area contributed by atoms with Gasteiger partial charge in [0.05, 0.1) is 18.2 Å². The van der Waals surface area contributed by atoms with Crippen LogP contribution in [0.15, 0.2) is 30.3 Å². The summed E-state index contributed by atoms with van der Waals surface area (Å²) in [7, 11) is 1.88. The molecule has 1 unspecified atom stereocenters. The van der Waals surface area contributed by atoms with Gasteiger partial charge in [0.25, 0.3) is 0 Å². The second kappa shape index (κ2) is 5.12. The molecule has 0 amide bonds. The molecular formula is C16H18N2O2. The van der Waals surface area contributed by atoms with Crippen molar-refractivity contribution in [3.8, 4) is 5.75 Å². The van der Waals surface area contributed by atoms with E-state index in [4.69, 9.17) is 4.74 Å². The molecule has 1 aliphatic rings. The molecule has 1 aromatic carbocycles. The first-order chi connectivity index (χ1) is 9.63. The van der Waals surface area contributed by atoms with Crippen LogP contribution in [0.2, 0.25) is 0 Å². The van der Waals surface area contributed by atoms with Crippen LogP contribution < -0.4 is 4.74 Å². The molecule has 4 heteroatoms. The van der Waals surface area contributed by atoms with Crippen LogP contribution in [0.4, 0.5) is 0 Å². The summed E-state index contributed by atoms with van der Waals surface area (Å²) in [6, 6.07) is 9.90. The molecule has 3 rings (SSSR count). The maximum Gasteiger partial charge on any atom is 0.145 e. The van der Waals surface area contributed by atoms with E-state index in [1.807, 2.05) is 44.3 Å². The number of carbonyl (C=O) groups is 1. The van der Waals surface area contributed by atoms with Crippen LogP contribution in [-0.2, 0) is 24.7 Å². The Hall–Kier alpha value is -2.10. The van der Waals surface area contributed by atoms with Gasteiger partial charge in [0.1, 0.15) is 11.5 Å². The second-order valence-corrected chi connectivity index (χ2v) is 5.36. The third-order valence-electron chi connectivity index (χ3n) is 3.79. The van der Waals surface area contributed by atoms with Crippen molar-refractivity contribution in [3.63, 3.8) is 0 Å². The number of carbonyl (C=O) groups excluding carboxylic acids is 1. The van der Waals surface area contributed by atoms with E-state index in [1.165, 1.54) is 0 Å². The van der Waals surface area contributed by atoms with Crippen molar-refractivity contribution in [2.45, 2.75) is 19.8 Å². The van der Waals surface area contributed by atoms with Gasteiger partial charge in [0.15, 0.2) is 0 Å². The minimum atomic E-state index is -0.0555. The number of benzene rings is 1. The van der Waals surface area contributed by atoms with E-state index in [-0.39, 0.29) is 11.7 Å². The normalized spacial score (nSPS) is 17.4. The van der Waals surface area contributed by atoms with Crippen LogP contribution in [0.25, 0.3) is 0 Å². The van der Waals surface area contributed by atoms with Crippen LogP contribution in [0.1, 0.15) is 17.0 Å². The topological polar surface area (TPSA) is 44.1 Å². The molecule has 0 spiro atoms. The smallest absolute Gasteiger partial charge is 0.145 e. The number of nitrogens with zero attached hydrogens (tertiary/aromatic N) is 2. The Morgan fingerprint density at radius 3 is 3.00 bits per heavy atom. The van der Waals surface area contributed by atoms with Crippen molar-refractivity contribution in [2.75, 3.05) is 6.61 Å². The van der Waals surface area contributed by atoms with Gasteiger partial charge in [-0.15, -0.1) is 0 Å². The average Bonchev–Trinajstić information content (AvgIpc) is 2.76. The van der Waals surface area contributed by atoms with E-state index in [0.717, 1.165) is 29.1 Å². The van der Waals surface area contributed by atoms with E-state index in [1.54, 1.807) is 4.68 Å². The van der Waals surface area contributed by atoms with Gasteiger partial charge in [0, 0.05) is 19.2 Å². The fraction of sp³-hybridized carbons (Fsp3) is 0.375. The highest BCUT2D eigenvalue weighted by molar-refractivity contribution is 5.83. The maximum absolute atomic E-state index is 12.4. The maximum atomic E-state index is 12.4. The number of fused-ring (bicyclic) bond motifs is 1. The number of aromatic nitrogens is 2. The Balaban J connectivity index is 1.72. The van der Waals surface area contributed by atoms with E-state index >= 15 is 0 Å². The molecule has 0 bridgehead atoms. The fourth-order valence-electron chi connectivity index (χ4n) is 2.69. The van der Waals surface area contributed by atoms with Gasteiger partial charge in [-0.3, -0.25) is 9.48 Å². The Kier molecular flexibility index (Phi) is 3.30. The summed E-state index contributed by atoms with van der Waals surface area (Å²) in [5.41, 5.74) is 3.03. The van der Waals surface area contributed by atoms with E-state index in [0.29, 0.717) is 13.0 Å². The van der Waals surface area contributed by atoms with Gasteiger partial charge in [-0.2, -0.15) is 5.10 Å². The lowest BCUT2D eigenvalue weighted by molar-refractivity contribution is -0.123. The number of ketones is 1. The Morgan fingerprint density at radius 1 is 1.45 bits per heavy atom. The zero-order valence-electron chi connectivity index (χ0n) is 11.8. The zero-order chi connectivity index (χ0) is 14.1. The summed E-state index contributed by atoms with van der Waals surface area (Å²) < 4.78 is 7.47. The highest BCUT2D eigenvalue weighted by Crippen LogP contribution is 2.27. The molecule has 2 aromatic rings. The molecular weight excluding hydrogens is 252 g/mol. The molecule has 0 radical (unpaired) electrons. The summed E-state index contributed by atoms with van der Waals surface area (Å²) in [5, 5.41) is 4.28. The van der Waals surface area contributed by atoms with Crippen molar-refractivity contribution in [3.05, 3.63) is 47.3 Å². The highest BCUT2D eigenvalue weighted by atomic mass is 16.5. The molecule has 104 valence electrons. The quantitative estimate of drug-likeness (QED) is 0.858. The van der Waals surface area contributed by atoms with Gasteiger partial charge < -0.3 is 4.74 Å². The summed E-state index contributed by atoms with van der Waals surface area (Å²) >= 11 is 0. The van der Waals surface area contributed by atoms with Gasteiger partial charge in [-0.1, -0.05) is 18.2 Å². The van der Waals surface area contributed by atoms with Crippen molar-refractivity contribution < 1.29 is 9.53 Å². The molecule has 1 atom stereocenters. The Morgan fingerprint density at radius 2 is 2.25 bits per heavy atom. The summed E-state index contributed by atoms with van der Waals surface area (Å²) in [6.45, 7) is 2.42. The first-order valence-corrected chi connectivity index (χ1v) is 6.86. The van der Waals surface area contributed by atoms with Crippen LogP contribution in [0.3, 0.4) is 0 Å². The summed E-state index contributed by atoms with van der Waals surface area (Å²) in [6.07, 6.45) is 1.19. The molecule has 0 N–H and O–H groups in total. The van der Waals surface area contributed by atoms with Crippen molar-refractivity contribution in [2.24, 2.45) is 13.0 Å². The number of hydrogen-bond donors (Lipinski definition) is 0.